The van der Waals surface area contributed by atoms with E-state index < -0.39 is 0 Å². The average molecular weight is 396 g/mol. The molecular formula is C18H16N6O3S. The van der Waals surface area contributed by atoms with Gasteiger partial charge in [0, 0.05) is 18.0 Å². The largest absolute Gasteiger partial charge is 0.497 e. The molecule has 1 amide bonds. The van der Waals surface area contributed by atoms with Crippen LogP contribution in [-0.4, -0.2) is 37.3 Å². The summed E-state index contributed by atoms with van der Waals surface area (Å²) in [5.41, 5.74) is 1.83. The van der Waals surface area contributed by atoms with Crippen LogP contribution in [0.4, 0.5) is 5.13 Å². The van der Waals surface area contributed by atoms with Gasteiger partial charge in [0.15, 0.2) is 10.8 Å². The zero-order valence-electron chi connectivity index (χ0n) is 15.1. The van der Waals surface area contributed by atoms with Gasteiger partial charge >= 0.3 is 0 Å². The Hall–Kier alpha value is -3.53. The summed E-state index contributed by atoms with van der Waals surface area (Å²) < 4.78 is 7.90. The number of methoxy groups -OCH3 is 1. The number of nitrogens with one attached hydrogen (secondary N) is 1. The number of amides is 1. The molecule has 0 unspecified atom stereocenters. The molecule has 0 spiro atoms. The fourth-order valence-electron chi connectivity index (χ4n) is 2.72. The normalized spacial score (nSPS) is 10.9. The Balaban J connectivity index is 1.48. The predicted molar refractivity (Wildman–Crippen MR) is 106 cm³/mol. The molecule has 0 aliphatic carbocycles. The third kappa shape index (κ3) is 3.37. The monoisotopic (exact) mass is 396 g/mol. The lowest BCUT2D eigenvalue weighted by atomic mass is 10.2. The van der Waals surface area contributed by atoms with E-state index >= 15 is 0 Å². The van der Waals surface area contributed by atoms with Crippen LogP contribution >= 0.6 is 11.3 Å². The lowest BCUT2D eigenvalue weighted by Gasteiger charge is -2.05. The van der Waals surface area contributed by atoms with Crippen molar-refractivity contribution in [2.45, 2.75) is 6.54 Å². The van der Waals surface area contributed by atoms with Crippen LogP contribution in [0.1, 0.15) is 0 Å². The molecule has 1 N–H and O–H groups in total. The van der Waals surface area contributed by atoms with E-state index in [1.807, 2.05) is 29.6 Å². The Morgan fingerprint density at radius 3 is 2.82 bits per heavy atom. The summed E-state index contributed by atoms with van der Waals surface area (Å²) in [5, 5.41) is 9.41. The summed E-state index contributed by atoms with van der Waals surface area (Å²) in [6.07, 6.45) is 2.79. The summed E-state index contributed by atoms with van der Waals surface area (Å²) in [7, 11) is 3.31. The number of aromatic nitrogens is 5. The number of anilines is 1. The van der Waals surface area contributed by atoms with Gasteiger partial charge in [0.1, 0.15) is 24.0 Å². The van der Waals surface area contributed by atoms with Crippen molar-refractivity contribution in [1.82, 2.24) is 24.3 Å². The van der Waals surface area contributed by atoms with Crippen LogP contribution < -0.4 is 15.6 Å². The van der Waals surface area contributed by atoms with E-state index in [1.165, 1.54) is 33.1 Å². The fourth-order valence-corrected chi connectivity index (χ4v) is 3.45. The molecule has 1 aromatic carbocycles. The second-order valence-corrected chi connectivity index (χ2v) is 6.86. The lowest BCUT2D eigenvalue weighted by Crippen LogP contribution is -2.27. The van der Waals surface area contributed by atoms with Crippen LogP contribution in [0.3, 0.4) is 0 Å². The average Bonchev–Trinajstić information content (AvgIpc) is 3.31. The fraction of sp³-hybridized carbons (Fsp3) is 0.167. The van der Waals surface area contributed by atoms with Crippen molar-refractivity contribution in [1.29, 1.82) is 0 Å². The Morgan fingerprint density at radius 2 is 2.07 bits per heavy atom. The smallest absolute Gasteiger partial charge is 0.264 e. The van der Waals surface area contributed by atoms with Gasteiger partial charge in [-0.1, -0.05) is 0 Å². The first-order valence-corrected chi connectivity index (χ1v) is 9.20. The zero-order valence-corrected chi connectivity index (χ0v) is 15.9. The van der Waals surface area contributed by atoms with Gasteiger partial charge in [0.05, 0.1) is 19.0 Å². The number of carbonyl (C=O) groups excluding carboxylic acids is 1. The summed E-state index contributed by atoms with van der Waals surface area (Å²) in [6.45, 7) is -0.159. The molecule has 0 saturated heterocycles. The molecule has 0 radical (unpaired) electrons. The summed E-state index contributed by atoms with van der Waals surface area (Å²) >= 11 is 1.31. The van der Waals surface area contributed by atoms with E-state index in [0.29, 0.717) is 16.2 Å². The highest BCUT2D eigenvalue weighted by Crippen LogP contribution is 2.26. The maximum atomic E-state index is 12.4. The highest BCUT2D eigenvalue weighted by atomic mass is 32.1. The van der Waals surface area contributed by atoms with Gasteiger partial charge in [0.2, 0.25) is 5.91 Å². The van der Waals surface area contributed by atoms with Crippen LogP contribution in [0.5, 0.6) is 5.75 Å². The molecule has 3 heterocycles. The van der Waals surface area contributed by atoms with E-state index in [0.717, 1.165) is 17.0 Å². The molecule has 10 heteroatoms. The van der Waals surface area contributed by atoms with Crippen LogP contribution in [0.25, 0.3) is 22.3 Å². The molecule has 9 nitrogen and oxygen atoms in total. The molecule has 0 fully saturated rings. The third-order valence-corrected chi connectivity index (χ3v) is 4.93. The highest BCUT2D eigenvalue weighted by Gasteiger charge is 2.12. The molecule has 0 aliphatic heterocycles. The third-order valence-electron chi connectivity index (χ3n) is 4.17. The molecule has 4 rings (SSSR count). The van der Waals surface area contributed by atoms with Gasteiger partial charge in [0.25, 0.3) is 5.56 Å². The maximum Gasteiger partial charge on any atom is 0.264 e. The van der Waals surface area contributed by atoms with Crippen LogP contribution in [0.2, 0.25) is 0 Å². The SMILES string of the molecule is COc1ccc(-c2csc(NC(=O)Cn3cnc4c(cnn4C)c3=O)n2)cc1. The number of rotatable bonds is 5. The molecule has 142 valence electrons. The number of hydrogen-bond donors (Lipinski definition) is 1. The first-order chi connectivity index (χ1) is 13.5. The first kappa shape index (κ1) is 17.9. The van der Waals surface area contributed by atoms with Crippen molar-refractivity contribution >= 4 is 33.4 Å². The number of aryl methyl sites for hydroxylation is 1. The van der Waals surface area contributed by atoms with Crippen molar-refractivity contribution < 1.29 is 9.53 Å². The number of thiazole rings is 1. The quantitative estimate of drug-likeness (QED) is 0.553. The van der Waals surface area contributed by atoms with Crippen molar-refractivity contribution in [3.63, 3.8) is 0 Å². The first-order valence-electron chi connectivity index (χ1n) is 8.32. The minimum atomic E-state index is -0.359. The van der Waals surface area contributed by atoms with Gasteiger partial charge < -0.3 is 10.1 Å². The highest BCUT2D eigenvalue weighted by molar-refractivity contribution is 7.14. The second kappa shape index (κ2) is 7.24. The molecule has 0 bridgehead atoms. The Bertz CT molecular complexity index is 1210. The standard InChI is InChI=1S/C18H16N6O3S/c1-23-16-13(7-20-23)17(26)24(10-19-16)8-15(25)22-18-21-14(9-28-18)11-3-5-12(27-2)6-4-11/h3-7,9-10H,8H2,1-2H3,(H,21,22,25). The molecule has 4 aromatic rings. The number of fused-ring (bicyclic) bond motifs is 1. The maximum absolute atomic E-state index is 12.4. The van der Waals surface area contributed by atoms with Crippen LogP contribution in [-0.2, 0) is 18.4 Å². The van der Waals surface area contributed by atoms with Crippen molar-refractivity contribution in [2.75, 3.05) is 12.4 Å². The molecular weight excluding hydrogens is 380 g/mol. The van der Waals surface area contributed by atoms with Crippen LogP contribution in [0, 0.1) is 0 Å². The van der Waals surface area contributed by atoms with E-state index in [1.54, 1.807) is 14.2 Å². The minimum absolute atomic E-state index is 0.159. The zero-order chi connectivity index (χ0) is 19.7. The van der Waals surface area contributed by atoms with Crippen molar-refractivity contribution in [3.05, 3.63) is 52.5 Å². The van der Waals surface area contributed by atoms with Gasteiger partial charge in [-0.25, -0.2) is 9.97 Å². The van der Waals surface area contributed by atoms with Crippen molar-refractivity contribution in [3.8, 4) is 17.0 Å². The lowest BCUT2D eigenvalue weighted by molar-refractivity contribution is -0.116. The summed E-state index contributed by atoms with van der Waals surface area (Å²) in [6, 6.07) is 7.49. The summed E-state index contributed by atoms with van der Waals surface area (Å²) in [4.78, 5) is 33.4. The molecule has 28 heavy (non-hydrogen) atoms. The Labute approximate surface area is 163 Å². The second-order valence-electron chi connectivity index (χ2n) is 6.00. The number of carbonyl (C=O) groups is 1. The molecule has 3 aromatic heterocycles. The van der Waals surface area contributed by atoms with Gasteiger partial charge in [-0.15, -0.1) is 11.3 Å². The number of hydrogen-bond acceptors (Lipinski definition) is 7. The van der Waals surface area contributed by atoms with E-state index in [2.05, 4.69) is 20.4 Å². The Kier molecular flexibility index (Phi) is 4.62. The van der Waals surface area contributed by atoms with E-state index in [4.69, 9.17) is 4.74 Å². The van der Waals surface area contributed by atoms with Crippen molar-refractivity contribution in [2.24, 2.45) is 7.05 Å². The van der Waals surface area contributed by atoms with E-state index in [-0.39, 0.29) is 18.0 Å². The molecule has 0 atom stereocenters. The van der Waals surface area contributed by atoms with Gasteiger partial charge in [-0.2, -0.15) is 5.10 Å². The minimum Gasteiger partial charge on any atom is -0.497 e. The predicted octanol–water partition coefficient (Wildman–Crippen LogP) is 1.90. The number of nitrogens with zero attached hydrogens (tertiary/aromatic N) is 5. The van der Waals surface area contributed by atoms with Gasteiger partial charge in [-0.3, -0.25) is 18.8 Å². The number of benzene rings is 1. The summed E-state index contributed by atoms with van der Waals surface area (Å²) in [5.74, 6) is 0.403. The number of ether oxygens (including phenoxy) is 1. The topological polar surface area (TPSA) is 104 Å². The van der Waals surface area contributed by atoms with E-state index in [9.17, 15) is 9.59 Å². The molecule has 0 aliphatic rings. The van der Waals surface area contributed by atoms with Crippen LogP contribution in [0.15, 0.2) is 47.0 Å². The Morgan fingerprint density at radius 1 is 1.29 bits per heavy atom. The molecule has 0 saturated carbocycles. The van der Waals surface area contributed by atoms with Gasteiger partial charge in [-0.05, 0) is 24.3 Å².